The molecule has 2 rings (SSSR count). The Balaban J connectivity index is 2.26. The van der Waals surface area contributed by atoms with Gasteiger partial charge in [-0.2, -0.15) is 0 Å². The van der Waals surface area contributed by atoms with Crippen LogP contribution in [0.5, 0.6) is 0 Å². The number of hydrogen-bond acceptors (Lipinski definition) is 3. The molecule has 1 fully saturated rings. The molecule has 0 aromatic carbocycles. The van der Waals surface area contributed by atoms with Crippen LogP contribution in [-0.4, -0.2) is 23.2 Å². The van der Waals surface area contributed by atoms with Gasteiger partial charge in [0.15, 0.2) is 0 Å². The molecule has 2 heterocycles. The second-order valence-corrected chi connectivity index (χ2v) is 4.33. The third-order valence-corrected chi connectivity index (χ3v) is 2.98. The molecule has 1 aromatic rings. The van der Waals surface area contributed by atoms with Crippen molar-refractivity contribution in [2.45, 2.75) is 31.8 Å². The Labute approximate surface area is 90.5 Å². The predicted octanol–water partition coefficient (Wildman–Crippen LogP) is 1.35. The average molecular weight is 206 g/mol. The van der Waals surface area contributed by atoms with Crippen LogP contribution in [0.4, 0.5) is 0 Å². The van der Waals surface area contributed by atoms with Gasteiger partial charge < -0.3 is 10.4 Å². The monoisotopic (exact) mass is 206 g/mol. The molecule has 3 nitrogen and oxygen atoms in total. The highest BCUT2D eigenvalue weighted by molar-refractivity contribution is 5.17. The maximum atomic E-state index is 10.5. The molecule has 1 aliphatic heterocycles. The number of hydrogen-bond donors (Lipinski definition) is 2. The smallest absolute Gasteiger partial charge is 0.119 e. The van der Waals surface area contributed by atoms with E-state index < -0.39 is 5.60 Å². The summed E-state index contributed by atoms with van der Waals surface area (Å²) < 4.78 is 0. The molecule has 0 radical (unpaired) electrons. The molecule has 82 valence electrons. The van der Waals surface area contributed by atoms with Gasteiger partial charge >= 0.3 is 0 Å². The van der Waals surface area contributed by atoms with Crippen LogP contribution in [0.2, 0.25) is 0 Å². The standard InChI is InChI=1S/C12H18N2O/c1-10-5-4-6-11(14-10)12(15)7-2-3-8-13-9-12/h4-6,13,15H,2-3,7-9H2,1H3. The van der Waals surface area contributed by atoms with Gasteiger partial charge in [0.1, 0.15) is 5.60 Å². The lowest BCUT2D eigenvalue weighted by atomic mass is 9.93. The fraction of sp³-hybridized carbons (Fsp3) is 0.583. The highest BCUT2D eigenvalue weighted by Gasteiger charge is 2.31. The van der Waals surface area contributed by atoms with Gasteiger partial charge in [-0.1, -0.05) is 6.07 Å². The first-order valence-corrected chi connectivity index (χ1v) is 5.58. The van der Waals surface area contributed by atoms with Gasteiger partial charge in [0.25, 0.3) is 0 Å². The molecular formula is C12H18N2O. The lowest BCUT2D eigenvalue weighted by molar-refractivity contribution is 0.0282. The van der Waals surface area contributed by atoms with Gasteiger partial charge in [-0.15, -0.1) is 0 Å². The first-order valence-electron chi connectivity index (χ1n) is 5.58. The van der Waals surface area contributed by atoms with Crippen LogP contribution in [0, 0.1) is 6.92 Å². The molecule has 1 unspecified atom stereocenters. The van der Waals surface area contributed by atoms with Gasteiger partial charge in [-0.25, -0.2) is 0 Å². The van der Waals surface area contributed by atoms with E-state index in [-0.39, 0.29) is 0 Å². The quantitative estimate of drug-likeness (QED) is 0.729. The Bertz CT molecular complexity index is 330. The topological polar surface area (TPSA) is 45.1 Å². The van der Waals surface area contributed by atoms with Gasteiger partial charge in [-0.05, 0) is 44.9 Å². The molecule has 1 aromatic heterocycles. The van der Waals surface area contributed by atoms with Gasteiger partial charge in [0.2, 0.25) is 0 Å². The van der Waals surface area contributed by atoms with E-state index in [1.807, 2.05) is 25.1 Å². The van der Waals surface area contributed by atoms with Crippen molar-refractivity contribution in [3.8, 4) is 0 Å². The van der Waals surface area contributed by atoms with Crippen LogP contribution < -0.4 is 5.32 Å². The zero-order chi connectivity index (χ0) is 10.7. The minimum atomic E-state index is -0.775. The van der Waals surface area contributed by atoms with Crippen LogP contribution in [0.3, 0.4) is 0 Å². The first-order chi connectivity index (χ1) is 7.21. The van der Waals surface area contributed by atoms with E-state index in [0.29, 0.717) is 6.54 Å². The molecule has 0 amide bonds. The Kier molecular flexibility index (Phi) is 3.03. The fourth-order valence-electron chi connectivity index (χ4n) is 2.07. The second-order valence-electron chi connectivity index (χ2n) is 4.33. The van der Waals surface area contributed by atoms with Gasteiger partial charge in [-0.3, -0.25) is 4.98 Å². The van der Waals surface area contributed by atoms with Crippen molar-refractivity contribution in [2.24, 2.45) is 0 Å². The van der Waals surface area contributed by atoms with Crippen molar-refractivity contribution >= 4 is 0 Å². The number of nitrogens with one attached hydrogen (secondary N) is 1. The number of aliphatic hydroxyl groups is 1. The summed E-state index contributed by atoms with van der Waals surface area (Å²) in [4.78, 5) is 4.42. The van der Waals surface area contributed by atoms with E-state index in [0.717, 1.165) is 37.2 Å². The second kappa shape index (κ2) is 4.29. The molecule has 2 N–H and O–H groups in total. The number of nitrogens with zero attached hydrogens (tertiary/aromatic N) is 1. The van der Waals surface area contributed by atoms with Gasteiger partial charge in [0.05, 0.1) is 5.69 Å². The van der Waals surface area contributed by atoms with Crippen molar-refractivity contribution in [3.63, 3.8) is 0 Å². The van der Waals surface area contributed by atoms with Crippen LogP contribution >= 0.6 is 0 Å². The Morgan fingerprint density at radius 2 is 2.27 bits per heavy atom. The largest absolute Gasteiger partial charge is 0.382 e. The van der Waals surface area contributed by atoms with Crippen molar-refractivity contribution in [1.29, 1.82) is 0 Å². The van der Waals surface area contributed by atoms with E-state index in [2.05, 4.69) is 10.3 Å². The minimum Gasteiger partial charge on any atom is -0.382 e. The van der Waals surface area contributed by atoms with Crippen LogP contribution in [0.15, 0.2) is 18.2 Å². The van der Waals surface area contributed by atoms with E-state index in [1.165, 1.54) is 0 Å². The van der Waals surface area contributed by atoms with Crippen LogP contribution in [0.1, 0.15) is 30.7 Å². The lowest BCUT2D eigenvalue weighted by Gasteiger charge is -2.26. The van der Waals surface area contributed by atoms with Crippen molar-refractivity contribution in [3.05, 3.63) is 29.6 Å². The normalized spacial score (nSPS) is 27.3. The Morgan fingerprint density at radius 3 is 3.07 bits per heavy atom. The molecular weight excluding hydrogens is 188 g/mol. The maximum Gasteiger partial charge on any atom is 0.119 e. The van der Waals surface area contributed by atoms with Crippen molar-refractivity contribution in [1.82, 2.24) is 10.3 Å². The number of aromatic nitrogens is 1. The van der Waals surface area contributed by atoms with Crippen molar-refractivity contribution in [2.75, 3.05) is 13.1 Å². The molecule has 0 saturated carbocycles. The zero-order valence-electron chi connectivity index (χ0n) is 9.16. The summed E-state index contributed by atoms with van der Waals surface area (Å²) in [5.41, 5.74) is 0.991. The summed E-state index contributed by atoms with van der Waals surface area (Å²) in [5, 5.41) is 13.8. The molecule has 3 heteroatoms. The molecule has 0 aliphatic carbocycles. The third kappa shape index (κ3) is 2.36. The molecule has 1 atom stereocenters. The van der Waals surface area contributed by atoms with Crippen LogP contribution in [-0.2, 0) is 5.60 Å². The Morgan fingerprint density at radius 1 is 1.40 bits per heavy atom. The van der Waals surface area contributed by atoms with Crippen molar-refractivity contribution < 1.29 is 5.11 Å². The summed E-state index contributed by atoms with van der Waals surface area (Å²) in [7, 11) is 0. The molecule has 0 spiro atoms. The highest BCUT2D eigenvalue weighted by Crippen LogP contribution is 2.26. The van der Waals surface area contributed by atoms with Gasteiger partial charge in [0, 0.05) is 12.2 Å². The summed E-state index contributed by atoms with van der Waals surface area (Å²) in [6.07, 6.45) is 2.99. The summed E-state index contributed by atoms with van der Waals surface area (Å²) >= 11 is 0. The molecule has 1 saturated heterocycles. The number of rotatable bonds is 1. The summed E-state index contributed by atoms with van der Waals surface area (Å²) in [6.45, 7) is 3.56. The molecule has 1 aliphatic rings. The Hall–Kier alpha value is -0.930. The lowest BCUT2D eigenvalue weighted by Crippen LogP contribution is -2.37. The first kappa shape index (κ1) is 10.6. The van der Waals surface area contributed by atoms with E-state index in [1.54, 1.807) is 0 Å². The maximum absolute atomic E-state index is 10.5. The average Bonchev–Trinajstić information content (AvgIpc) is 2.44. The van der Waals surface area contributed by atoms with E-state index in [4.69, 9.17) is 0 Å². The highest BCUT2D eigenvalue weighted by atomic mass is 16.3. The fourth-order valence-corrected chi connectivity index (χ4v) is 2.07. The number of β-amino-alcohol motifs (C(OH)–C–C–N with tert-alkyl or cyclic N) is 1. The molecule has 0 bridgehead atoms. The zero-order valence-corrected chi connectivity index (χ0v) is 9.16. The summed E-state index contributed by atoms with van der Waals surface area (Å²) in [5.74, 6) is 0. The SMILES string of the molecule is Cc1cccc(C2(O)CCCCNC2)n1. The number of pyridine rings is 1. The summed E-state index contributed by atoms with van der Waals surface area (Å²) in [6, 6.07) is 5.83. The van der Waals surface area contributed by atoms with E-state index in [9.17, 15) is 5.11 Å². The van der Waals surface area contributed by atoms with E-state index >= 15 is 0 Å². The minimum absolute atomic E-state index is 0.615. The number of aryl methyl sites for hydroxylation is 1. The van der Waals surface area contributed by atoms with Crippen LogP contribution in [0.25, 0.3) is 0 Å². The third-order valence-electron chi connectivity index (χ3n) is 2.98. The molecule has 15 heavy (non-hydrogen) atoms. The predicted molar refractivity (Wildman–Crippen MR) is 59.6 cm³/mol.